The summed E-state index contributed by atoms with van der Waals surface area (Å²) in [7, 11) is 0. The van der Waals surface area contributed by atoms with Crippen molar-refractivity contribution in [1.82, 2.24) is 19.6 Å². The molecule has 2 rings (SSSR count). The average molecular weight is 197 g/mol. The number of aromatic nitrogens is 4. The van der Waals surface area contributed by atoms with Crippen LogP contribution in [0, 0.1) is 6.92 Å². The van der Waals surface area contributed by atoms with Crippen LogP contribution in [-0.2, 0) is 0 Å². The fourth-order valence-corrected chi connectivity index (χ4v) is 1.36. The summed E-state index contributed by atoms with van der Waals surface area (Å²) in [5.41, 5.74) is 0.903. The highest BCUT2D eigenvalue weighted by Crippen LogP contribution is 2.16. The Hall–Kier alpha value is -1.49. The van der Waals surface area contributed by atoms with Crippen molar-refractivity contribution < 1.29 is 4.79 Å². The van der Waals surface area contributed by atoms with E-state index < -0.39 is 0 Å². The molecule has 2 aromatic rings. The van der Waals surface area contributed by atoms with Crippen molar-refractivity contribution in [3.8, 4) is 0 Å². The van der Waals surface area contributed by atoms with Gasteiger partial charge in [0.25, 0.3) is 5.78 Å². The van der Waals surface area contributed by atoms with Crippen LogP contribution >= 0.6 is 11.6 Å². The summed E-state index contributed by atoms with van der Waals surface area (Å²) in [5.74, 6) is 0.396. The van der Waals surface area contributed by atoms with Crippen LogP contribution in [0.1, 0.15) is 16.1 Å². The minimum atomic E-state index is 0.245. The summed E-state index contributed by atoms with van der Waals surface area (Å²) in [5, 5.41) is 4.07. The van der Waals surface area contributed by atoms with E-state index in [4.69, 9.17) is 11.6 Å². The molecule has 0 aliphatic heterocycles. The Kier molecular flexibility index (Phi) is 1.73. The van der Waals surface area contributed by atoms with Crippen molar-refractivity contribution in [1.29, 1.82) is 0 Å². The molecule has 2 aromatic heterocycles. The summed E-state index contributed by atoms with van der Waals surface area (Å²) in [6.45, 7) is 1.70. The van der Waals surface area contributed by atoms with E-state index in [1.807, 2.05) is 0 Å². The number of carbonyl (C=O) groups is 1. The zero-order chi connectivity index (χ0) is 9.42. The number of nitrogens with zero attached hydrogens (tertiary/aromatic N) is 4. The van der Waals surface area contributed by atoms with Gasteiger partial charge in [-0.1, -0.05) is 11.6 Å². The van der Waals surface area contributed by atoms with Gasteiger partial charge >= 0.3 is 0 Å². The Bertz CT molecular complexity index is 479. The minimum Gasteiger partial charge on any atom is -0.298 e. The second kappa shape index (κ2) is 2.77. The third kappa shape index (κ3) is 1.08. The number of rotatable bonds is 1. The van der Waals surface area contributed by atoms with Crippen LogP contribution in [0.2, 0.25) is 5.15 Å². The Morgan fingerprint density at radius 3 is 3.08 bits per heavy atom. The standard InChI is InChI=1S/C7H5ClN4O/c1-4-5(2-13)6(8)12-7(11-4)9-3-10-12/h2-3H,1H3. The van der Waals surface area contributed by atoms with Crippen LogP contribution in [0.15, 0.2) is 6.33 Å². The number of hydrogen-bond acceptors (Lipinski definition) is 4. The Morgan fingerprint density at radius 1 is 1.62 bits per heavy atom. The molecule has 5 nitrogen and oxygen atoms in total. The van der Waals surface area contributed by atoms with Gasteiger partial charge in [0.2, 0.25) is 0 Å². The number of aldehydes is 1. The highest BCUT2D eigenvalue weighted by atomic mass is 35.5. The van der Waals surface area contributed by atoms with Crippen LogP contribution < -0.4 is 0 Å². The van der Waals surface area contributed by atoms with E-state index in [2.05, 4.69) is 15.1 Å². The van der Waals surface area contributed by atoms with E-state index in [9.17, 15) is 4.79 Å². The summed E-state index contributed by atoms with van der Waals surface area (Å²) < 4.78 is 1.32. The lowest BCUT2D eigenvalue weighted by molar-refractivity contribution is 0.112. The van der Waals surface area contributed by atoms with Crippen molar-refractivity contribution in [2.24, 2.45) is 0 Å². The van der Waals surface area contributed by atoms with Gasteiger partial charge in [0.1, 0.15) is 11.5 Å². The number of aryl methyl sites for hydroxylation is 1. The van der Waals surface area contributed by atoms with E-state index in [0.717, 1.165) is 0 Å². The fourth-order valence-electron chi connectivity index (χ4n) is 1.06. The molecule has 0 aromatic carbocycles. The van der Waals surface area contributed by atoms with Crippen LogP contribution in [0.4, 0.5) is 0 Å². The summed E-state index contributed by atoms with van der Waals surface area (Å²) in [4.78, 5) is 18.5. The first-order valence-corrected chi connectivity index (χ1v) is 3.93. The first-order valence-electron chi connectivity index (χ1n) is 3.55. The molecule has 0 N–H and O–H groups in total. The Morgan fingerprint density at radius 2 is 2.38 bits per heavy atom. The highest BCUT2D eigenvalue weighted by molar-refractivity contribution is 6.32. The molecule has 0 aliphatic rings. The maximum absolute atomic E-state index is 10.6. The molecule has 0 atom stereocenters. The van der Waals surface area contributed by atoms with Gasteiger partial charge in [-0.3, -0.25) is 4.79 Å². The van der Waals surface area contributed by atoms with Gasteiger partial charge in [0, 0.05) is 0 Å². The van der Waals surface area contributed by atoms with Crippen LogP contribution in [0.5, 0.6) is 0 Å². The number of halogens is 1. The molecular formula is C7H5ClN4O. The first kappa shape index (κ1) is 8.12. The monoisotopic (exact) mass is 196 g/mol. The number of carbonyl (C=O) groups excluding carboxylic acids is 1. The van der Waals surface area contributed by atoms with Crippen LogP contribution in [-0.4, -0.2) is 25.9 Å². The number of fused-ring (bicyclic) bond motifs is 1. The Balaban J connectivity index is 2.92. The van der Waals surface area contributed by atoms with Crippen LogP contribution in [0.25, 0.3) is 5.78 Å². The zero-order valence-corrected chi connectivity index (χ0v) is 7.49. The lowest BCUT2D eigenvalue weighted by Gasteiger charge is -2.01. The molecule has 0 amide bonds. The van der Waals surface area contributed by atoms with Crippen molar-refractivity contribution in [2.45, 2.75) is 6.92 Å². The molecule has 66 valence electrons. The topological polar surface area (TPSA) is 60.1 Å². The second-order valence-electron chi connectivity index (χ2n) is 2.49. The quantitative estimate of drug-likeness (QED) is 0.502. The largest absolute Gasteiger partial charge is 0.298 e. The maximum Gasteiger partial charge on any atom is 0.253 e. The molecule has 0 bridgehead atoms. The number of hydrogen-bond donors (Lipinski definition) is 0. The molecule has 6 heteroatoms. The fraction of sp³-hybridized carbons (Fsp3) is 0.143. The van der Waals surface area contributed by atoms with Gasteiger partial charge in [-0.15, -0.1) is 0 Å². The van der Waals surface area contributed by atoms with E-state index in [0.29, 0.717) is 23.3 Å². The molecule has 0 radical (unpaired) electrons. The molecule has 0 spiro atoms. The van der Waals surface area contributed by atoms with Crippen molar-refractivity contribution in [3.05, 3.63) is 22.7 Å². The normalized spacial score (nSPS) is 10.6. The third-order valence-electron chi connectivity index (χ3n) is 1.71. The molecule has 0 aliphatic carbocycles. The van der Waals surface area contributed by atoms with Crippen molar-refractivity contribution >= 4 is 23.7 Å². The minimum absolute atomic E-state index is 0.245. The molecular weight excluding hydrogens is 192 g/mol. The zero-order valence-electron chi connectivity index (χ0n) is 6.73. The molecule has 2 heterocycles. The van der Waals surface area contributed by atoms with Gasteiger partial charge in [0.05, 0.1) is 11.3 Å². The first-order chi connectivity index (χ1) is 6.24. The molecule has 0 fully saturated rings. The van der Waals surface area contributed by atoms with Crippen molar-refractivity contribution in [2.75, 3.05) is 0 Å². The maximum atomic E-state index is 10.6. The lowest BCUT2D eigenvalue weighted by atomic mass is 10.3. The molecule has 13 heavy (non-hydrogen) atoms. The van der Waals surface area contributed by atoms with E-state index in [1.165, 1.54) is 10.8 Å². The van der Waals surface area contributed by atoms with Gasteiger partial charge in [-0.2, -0.15) is 14.6 Å². The molecule has 0 saturated heterocycles. The SMILES string of the molecule is Cc1nc2ncnn2c(Cl)c1C=O. The van der Waals surface area contributed by atoms with E-state index >= 15 is 0 Å². The van der Waals surface area contributed by atoms with E-state index in [1.54, 1.807) is 6.92 Å². The summed E-state index contributed by atoms with van der Waals surface area (Å²) in [6.07, 6.45) is 1.99. The van der Waals surface area contributed by atoms with E-state index in [-0.39, 0.29) is 5.15 Å². The second-order valence-corrected chi connectivity index (χ2v) is 2.85. The Labute approximate surface area is 78.4 Å². The smallest absolute Gasteiger partial charge is 0.253 e. The van der Waals surface area contributed by atoms with Crippen LogP contribution in [0.3, 0.4) is 0 Å². The molecule has 0 saturated carbocycles. The van der Waals surface area contributed by atoms with Gasteiger partial charge in [-0.05, 0) is 6.92 Å². The molecule has 0 unspecified atom stereocenters. The predicted molar refractivity (Wildman–Crippen MR) is 45.9 cm³/mol. The third-order valence-corrected chi connectivity index (χ3v) is 2.08. The summed E-state index contributed by atoms with van der Waals surface area (Å²) >= 11 is 5.88. The predicted octanol–water partition coefficient (Wildman–Crippen LogP) is 0.899. The summed E-state index contributed by atoms with van der Waals surface area (Å²) in [6, 6.07) is 0. The van der Waals surface area contributed by atoms with Gasteiger partial charge in [0.15, 0.2) is 6.29 Å². The average Bonchev–Trinajstić information content (AvgIpc) is 2.53. The lowest BCUT2D eigenvalue weighted by Crippen LogP contribution is -2.01. The highest BCUT2D eigenvalue weighted by Gasteiger charge is 2.10. The van der Waals surface area contributed by atoms with Crippen molar-refractivity contribution in [3.63, 3.8) is 0 Å². The van der Waals surface area contributed by atoms with Gasteiger partial charge in [-0.25, -0.2) is 4.98 Å². The van der Waals surface area contributed by atoms with Gasteiger partial charge < -0.3 is 0 Å².